The lowest BCUT2D eigenvalue weighted by Gasteiger charge is -2.21. The molecule has 0 heterocycles. The molecule has 0 amide bonds. The Balaban J connectivity index is 2.08. The van der Waals surface area contributed by atoms with Crippen molar-refractivity contribution in [1.82, 2.24) is 0 Å². The minimum atomic E-state index is -3.43. The second-order valence-corrected chi connectivity index (χ2v) is 10.2. The molecule has 35 heavy (non-hydrogen) atoms. The van der Waals surface area contributed by atoms with Gasteiger partial charge in [0.2, 0.25) is 0 Å². The van der Waals surface area contributed by atoms with E-state index in [1.54, 1.807) is 93.6 Å². The van der Waals surface area contributed by atoms with Gasteiger partial charge in [-0.1, -0.05) is 36.4 Å². The molecule has 0 saturated heterocycles. The summed E-state index contributed by atoms with van der Waals surface area (Å²) in [6.45, 7) is 5.91. The smallest absolute Gasteiger partial charge is 0.338 e. The summed E-state index contributed by atoms with van der Waals surface area (Å²) in [6.07, 6.45) is 0. The van der Waals surface area contributed by atoms with Crippen LogP contribution >= 0.6 is 7.14 Å². The molecule has 0 aromatic heterocycles. The molecule has 0 saturated carbocycles. The van der Waals surface area contributed by atoms with E-state index in [2.05, 4.69) is 0 Å². The van der Waals surface area contributed by atoms with E-state index >= 15 is 0 Å². The van der Waals surface area contributed by atoms with Crippen LogP contribution in [0.4, 0.5) is 0 Å². The van der Waals surface area contributed by atoms with Crippen molar-refractivity contribution in [2.24, 2.45) is 0 Å². The van der Waals surface area contributed by atoms with Crippen molar-refractivity contribution in [1.29, 1.82) is 0 Å². The van der Waals surface area contributed by atoms with Crippen LogP contribution in [-0.4, -0.2) is 37.7 Å². The topological polar surface area (TPSA) is 96.0 Å². The highest BCUT2D eigenvalue weighted by molar-refractivity contribution is 7.85. The molecule has 182 valence electrons. The highest BCUT2D eigenvalue weighted by Crippen LogP contribution is 2.42. The first-order chi connectivity index (χ1) is 16.8. The largest absolute Gasteiger partial charge is 0.462 e. The van der Waals surface area contributed by atoms with Gasteiger partial charge in [-0.3, -0.25) is 0 Å². The Labute approximate surface area is 204 Å². The van der Waals surface area contributed by atoms with E-state index < -0.39 is 25.0 Å². The van der Waals surface area contributed by atoms with Crippen LogP contribution in [0.3, 0.4) is 0 Å². The van der Waals surface area contributed by atoms with Crippen molar-refractivity contribution in [3.63, 3.8) is 0 Å². The van der Waals surface area contributed by atoms with Gasteiger partial charge in [0, 0.05) is 15.9 Å². The van der Waals surface area contributed by atoms with E-state index in [1.807, 2.05) is 0 Å². The van der Waals surface area contributed by atoms with E-state index in [9.17, 15) is 18.9 Å². The molecule has 0 aliphatic rings. The van der Waals surface area contributed by atoms with E-state index in [4.69, 9.17) is 14.2 Å². The normalized spacial score (nSPS) is 10.9. The first kappa shape index (κ1) is 25.9. The second-order valence-electron chi connectivity index (χ2n) is 7.41. The molecule has 3 aromatic carbocycles. The summed E-state index contributed by atoms with van der Waals surface area (Å²) in [4.78, 5) is 36.2. The van der Waals surface area contributed by atoms with Gasteiger partial charge in [-0.25, -0.2) is 14.4 Å². The van der Waals surface area contributed by atoms with E-state index in [0.717, 1.165) is 0 Å². The zero-order valence-electron chi connectivity index (χ0n) is 19.9. The average molecular weight is 494 g/mol. The predicted octanol–water partition coefficient (Wildman–Crippen LogP) is 3.86. The molecule has 0 aliphatic heterocycles. The molecule has 0 bridgehead atoms. The molecule has 3 rings (SSSR count). The fraction of sp³-hybridized carbons (Fsp3) is 0.222. The number of hydrogen-bond donors (Lipinski definition) is 0. The molecule has 0 atom stereocenters. The zero-order chi connectivity index (χ0) is 25.4. The first-order valence-electron chi connectivity index (χ1n) is 11.3. The summed E-state index contributed by atoms with van der Waals surface area (Å²) in [6, 6.07) is 19.2. The Morgan fingerprint density at radius 1 is 0.514 bits per heavy atom. The van der Waals surface area contributed by atoms with Gasteiger partial charge in [-0.15, -0.1) is 0 Å². The third-order valence-electron chi connectivity index (χ3n) is 5.23. The van der Waals surface area contributed by atoms with Crippen molar-refractivity contribution in [3.05, 3.63) is 89.5 Å². The molecule has 7 nitrogen and oxygen atoms in total. The summed E-state index contributed by atoms with van der Waals surface area (Å²) in [5.74, 6) is -1.40. The second kappa shape index (κ2) is 11.6. The molecule has 0 aliphatic carbocycles. The zero-order valence-corrected chi connectivity index (χ0v) is 20.7. The summed E-state index contributed by atoms with van der Waals surface area (Å²) in [5, 5.41) is 1.45. The monoisotopic (exact) mass is 494 g/mol. The Kier molecular flexibility index (Phi) is 8.61. The molecular weight excluding hydrogens is 467 g/mol. The molecule has 0 radical (unpaired) electrons. The van der Waals surface area contributed by atoms with Crippen LogP contribution in [0.1, 0.15) is 51.8 Å². The van der Waals surface area contributed by atoms with Crippen LogP contribution in [0.2, 0.25) is 0 Å². The summed E-state index contributed by atoms with van der Waals surface area (Å²) < 4.78 is 29.8. The van der Waals surface area contributed by atoms with Crippen LogP contribution in [0.25, 0.3) is 0 Å². The average Bonchev–Trinajstić information content (AvgIpc) is 2.89. The minimum Gasteiger partial charge on any atom is -0.462 e. The molecule has 0 fully saturated rings. The lowest BCUT2D eigenvalue weighted by atomic mass is 10.2. The number of carbonyl (C=O) groups excluding carboxylic acids is 3. The van der Waals surface area contributed by atoms with Crippen molar-refractivity contribution >= 4 is 41.0 Å². The number of benzene rings is 3. The Bertz CT molecular complexity index is 1070. The van der Waals surface area contributed by atoms with Crippen LogP contribution in [0.15, 0.2) is 72.8 Å². The quantitative estimate of drug-likeness (QED) is 0.253. The number of ether oxygens (including phenoxy) is 3. The van der Waals surface area contributed by atoms with Gasteiger partial charge in [-0.2, -0.15) is 0 Å². The van der Waals surface area contributed by atoms with Gasteiger partial charge in [0.05, 0.1) is 36.5 Å². The van der Waals surface area contributed by atoms with Crippen LogP contribution in [0, 0.1) is 0 Å². The molecule has 0 N–H and O–H groups in total. The minimum absolute atomic E-state index is 0.249. The van der Waals surface area contributed by atoms with Gasteiger partial charge in [0.25, 0.3) is 0 Å². The molecule has 0 unspecified atom stereocenters. The van der Waals surface area contributed by atoms with Crippen molar-refractivity contribution in [2.75, 3.05) is 19.8 Å². The van der Waals surface area contributed by atoms with E-state index in [0.29, 0.717) is 32.6 Å². The van der Waals surface area contributed by atoms with Gasteiger partial charge < -0.3 is 18.8 Å². The lowest BCUT2D eigenvalue weighted by Crippen LogP contribution is -2.26. The fourth-order valence-electron chi connectivity index (χ4n) is 3.51. The fourth-order valence-corrected chi connectivity index (χ4v) is 6.11. The van der Waals surface area contributed by atoms with Crippen molar-refractivity contribution < 1.29 is 33.2 Å². The highest BCUT2D eigenvalue weighted by Gasteiger charge is 2.30. The number of carbonyl (C=O) groups is 3. The Morgan fingerprint density at radius 3 is 0.943 bits per heavy atom. The maximum Gasteiger partial charge on any atom is 0.338 e. The van der Waals surface area contributed by atoms with Gasteiger partial charge in [0.1, 0.15) is 0 Å². The van der Waals surface area contributed by atoms with Gasteiger partial charge in [0.15, 0.2) is 7.14 Å². The maximum atomic E-state index is 14.7. The molecular formula is C27H27O7P. The maximum absolute atomic E-state index is 14.7. The molecule has 8 heteroatoms. The standard InChI is InChI=1S/C27H27O7P/c1-4-32-25(28)19-7-13-22(14-8-19)35(31,23-15-9-20(10-16-23)26(29)33-5-2)24-17-11-21(12-18-24)27(30)34-6-3/h7-18H,4-6H2,1-3H3. The van der Waals surface area contributed by atoms with E-state index in [1.165, 1.54) is 0 Å². The number of hydrogen-bond acceptors (Lipinski definition) is 7. The van der Waals surface area contributed by atoms with Crippen LogP contribution in [0.5, 0.6) is 0 Å². The van der Waals surface area contributed by atoms with Crippen LogP contribution < -0.4 is 15.9 Å². The summed E-state index contributed by atoms with van der Waals surface area (Å²) >= 11 is 0. The van der Waals surface area contributed by atoms with Crippen LogP contribution in [-0.2, 0) is 18.8 Å². The highest BCUT2D eigenvalue weighted by atomic mass is 31.2. The third-order valence-corrected chi connectivity index (χ3v) is 8.30. The van der Waals surface area contributed by atoms with Gasteiger partial charge >= 0.3 is 17.9 Å². The number of rotatable bonds is 9. The molecule has 0 spiro atoms. The predicted molar refractivity (Wildman–Crippen MR) is 134 cm³/mol. The Hall–Kier alpha value is -3.70. The lowest BCUT2D eigenvalue weighted by molar-refractivity contribution is 0.0517. The summed E-state index contributed by atoms with van der Waals surface area (Å²) in [7, 11) is -3.43. The third kappa shape index (κ3) is 5.69. The first-order valence-corrected chi connectivity index (χ1v) is 13.0. The summed E-state index contributed by atoms with van der Waals surface area (Å²) in [5.41, 5.74) is 1.03. The SMILES string of the molecule is CCOC(=O)c1ccc(P(=O)(c2ccc(C(=O)OCC)cc2)c2ccc(C(=O)OCC)cc2)cc1. The Morgan fingerprint density at radius 2 is 0.743 bits per heavy atom. The molecule has 3 aromatic rings. The van der Waals surface area contributed by atoms with Gasteiger partial charge in [-0.05, 0) is 57.2 Å². The van der Waals surface area contributed by atoms with E-state index in [-0.39, 0.29) is 19.8 Å². The van der Waals surface area contributed by atoms with Crippen molar-refractivity contribution in [2.45, 2.75) is 20.8 Å². The van der Waals surface area contributed by atoms with Crippen molar-refractivity contribution in [3.8, 4) is 0 Å². The number of esters is 3.